The Balaban J connectivity index is 1.61. The molecule has 1 aliphatic heterocycles. The van der Waals surface area contributed by atoms with Crippen molar-refractivity contribution in [3.63, 3.8) is 0 Å². The molecule has 4 heteroatoms. The minimum Gasteiger partial charge on any atom is -0.493 e. The summed E-state index contributed by atoms with van der Waals surface area (Å²) < 4.78 is 5.87. The summed E-state index contributed by atoms with van der Waals surface area (Å²) in [6, 6.07) is 17.4. The standard InChI is InChI=1S/C21H22N2O2/c1-16(24)18-7-8-19(14-22)21(13-18)23-11-9-17(10-12-23)15-25-20-5-3-2-4-6-20/h2-8,13,17H,9-12,15H2,1H3. The molecule has 1 aliphatic rings. The molecule has 0 aliphatic carbocycles. The van der Waals surface area contributed by atoms with E-state index in [9.17, 15) is 10.1 Å². The zero-order valence-corrected chi connectivity index (χ0v) is 14.4. The first kappa shape index (κ1) is 17.0. The van der Waals surface area contributed by atoms with Gasteiger partial charge in [-0.25, -0.2) is 0 Å². The third-order valence-electron chi connectivity index (χ3n) is 4.71. The molecule has 1 saturated heterocycles. The fourth-order valence-electron chi connectivity index (χ4n) is 3.18. The number of rotatable bonds is 5. The van der Waals surface area contributed by atoms with E-state index in [4.69, 9.17) is 4.74 Å². The third kappa shape index (κ3) is 4.19. The molecule has 128 valence electrons. The SMILES string of the molecule is CC(=O)c1ccc(C#N)c(N2CCC(COc3ccccc3)CC2)c1. The summed E-state index contributed by atoms with van der Waals surface area (Å²) in [5.41, 5.74) is 2.16. The van der Waals surface area contributed by atoms with E-state index in [1.54, 1.807) is 19.1 Å². The number of nitrogens with zero attached hydrogens (tertiary/aromatic N) is 2. The number of carbonyl (C=O) groups is 1. The Morgan fingerprint density at radius 3 is 2.56 bits per heavy atom. The predicted molar refractivity (Wildman–Crippen MR) is 98.0 cm³/mol. The van der Waals surface area contributed by atoms with Crippen molar-refractivity contribution in [3.05, 3.63) is 59.7 Å². The van der Waals surface area contributed by atoms with Gasteiger partial charge in [-0.15, -0.1) is 0 Å². The molecular formula is C21H22N2O2. The second-order valence-electron chi connectivity index (χ2n) is 6.45. The van der Waals surface area contributed by atoms with Crippen molar-refractivity contribution in [1.82, 2.24) is 0 Å². The first-order valence-electron chi connectivity index (χ1n) is 8.65. The first-order chi connectivity index (χ1) is 12.2. The number of Topliss-reactive ketones (excluding diaryl/α,β-unsaturated/α-hetero) is 1. The molecule has 4 nitrogen and oxygen atoms in total. The molecule has 0 radical (unpaired) electrons. The monoisotopic (exact) mass is 334 g/mol. The Morgan fingerprint density at radius 2 is 1.92 bits per heavy atom. The first-order valence-corrected chi connectivity index (χ1v) is 8.65. The lowest BCUT2D eigenvalue weighted by Gasteiger charge is -2.34. The van der Waals surface area contributed by atoms with Gasteiger partial charge < -0.3 is 9.64 Å². The second kappa shape index (κ2) is 7.85. The van der Waals surface area contributed by atoms with Gasteiger partial charge in [0.05, 0.1) is 17.9 Å². The zero-order valence-electron chi connectivity index (χ0n) is 14.4. The number of para-hydroxylation sites is 1. The van der Waals surface area contributed by atoms with Crippen LogP contribution in [0.5, 0.6) is 5.75 Å². The summed E-state index contributed by atoms with van der Waals surface area (Å²) in [5, 5.41) is 9.36. The molecule has 3 rings (SSSR count). The number of nitriles is 1. The maximum Gasteiger partial charge on any atom is 0.159 e. The van der Waals surface area contributed by atoms with Crippen LogP contribution in [0.3, 0.4) is 0 Å². The number of ketones is 1. The largest absolute Gasteiger partial charge is 0.493 e. The number of benzene rings is 2. The van der Waals surface area contributed by atoms with Crippen molar-refractivity contribution < 1.29 is 9.53 Å². The highest BCUT2D eigenvalue weighted by atomic mass is 16.5. The van der Waals surface area contributed by atoms with E-state index in [1.807, 2.05) is 36.4 Å². The van der Waals surface area contributed by atoms with Gasteiger partial charge in [-0.1, -0.05) is 18.2 Å². The Hall–Kier alpha value is -2.80. The van der Waals surface area contributed by atoms with Crippen molar-refractivity contribution in [2.75, 3.05) is 24.6 Å². The number of hydrogen-bond acceptors (Lipinski definition) is 4. The molecule has 0 amide bonds. The van der Waals surface area contributed by atoms with E-state index in [-0.39, 0.29) is 5.78 Å². The van der Waals surface area contributed by atoms with Crippen molar-refractivity contribution >= 4 is 11.5 Å². The molecule has 0 N–H and O–H groups in total. The van der Waals surface area contributed by atoms with Crippen LogP contribution in [0.4, 0.5) is 5.69 Å². The molecule has 0 aromatic heterocycles. The lowest BCUT2D eigenvalue weighted by molar-refractivity contribution is 0.101. The quantitative estimate of drug-likeness (QED) is 0.774. The van der Waals surface area contributed by atoms with Crippen LogP contribution >= 0.6 is 0 Å². The summed E-state index contributed by atoms with van der Waals surface area (Å²) in [5.74, 6) is 1.45. The summed E-state index contributed by atoms with van der Waals surface area (Å²) in [6.45, 7) is 4.02. The lowest BCUT2D eigenvalue weighted by atomic mass is 9.96. The summed E-state index contributed by atoms with van der Waals surface area (Å²) in [4.78, 5) is 13.8. The van der Waals surface area contributed by atoms with Gasteiger partial charge in [0, 0.05) is 18.7 Å². The van der Waals surface area contributed by atoms with Gasteiger partial charge in [0.2, 0.25) is 0 Å². The fourth-order valence-corrected chi connectivity index (χ4v) is 3.18. The second-order valence-corrected chi connectivity index (χ2v) is 6.45. The van der Waals surface area contributed by atoms with Gasteiger partial charge in [0.1, 0.15) is 11.8 Å². The van der Waals surface area contributed by atoms with Crippen LogP contribution in [-0.4, -0.2) is 25.5 Å². The normalized spacial score (nSPS) is 14.8. The smallest absolute Gasteiger partial charge is 0.159 e. The molecule has 0 atom stereocenters. The van der Waals surface area contributed by atoms with E-state index in [0.29, 0.717) is 17.0 Å². The molecule has 1 fully saturated rings. The van der Waals surface area contributed by atoms with Crippen LogP contribution in [0.2, 0.25) is 0 Å². The molecule has 25 heavy (non-hydrogen) atoms. The van der Waals surface area contributed by atoms with Crippen LogP contribution in [0.1, 0.15) is 35.7 Å². The highest BCUT2D eigenvalue weighted by molar-refractivity contribution is 5.95. The Kier molecular flexibility index (Phi) is 5.35. The zero-order chi connectivity index (χ0) is 17.6. The Bertz CT molecular complexity index is 772. The van der Waals surface area contributed by atoms with Crippen LogP contribution in [0, 0.1) is 17.2 Å². The molecule has 0 unspecified atom stereocenters. The average molecular weight is 334 g/mol. The van der Waals surface area contributed by atoms with Gasteiger partial charge in [0.25, 0.3) is 0 Å². The molecule has 2 aromatic rings. The molecular weight excluding hydrogens is 312 g/mol. The van der Waals surface area contributed by atoms with Gasteiger partial charge in [-0.3, -0.25) is 4.79 Å². The third-order valence-corrected chi connectivity index (χ3v) is 4.71. The molecule has 0 spiro atoms. The minimum absolute atomic E-state index is 0.0249. The van der Waals surface area contributed by atoms with Gasteiger partial charge in [-0.2, -0.15) is 5.26 Å². The highest BCUT2D eigenvalue weighted by Gasteiger charge is 2.22. The van der Waals surface area contributed by atoms with E-state index in [0.717, 1.165) is 44.0 Å². The Labute approximate surface area is 148 Å². The maximum atomic E-state index is 11.6. The van der Waals surface area contributed by atoms with E-state index >= 15 is 0 Å². The number of anilines is 1. The summed E-state index contributed by atoms with van der Waals surface area (Å²) in [7, 11) is 0. The fraction of sp³-hybridized carbons (Fsp3) is 0.333. The topological polar surface area (TPSA) is 53.3 Å². The van der Waals surface area contributed by atoms with E-state index in [1.165, 1.54) is 0 Å². The van der Waals surface area contributed by atoms with Crippen LogP contribution < -0.4 is 9.64 Å². The van der Waals surface area contributed by atoms with Crippen molar-refractivity contribution in [2.45, 2.75) is 19.8 Å². The van der Waals surface area contributed by atoms with Crippen LogP contribution in [0.15, 0.2) is 48.5 Å². The van der Waals surface area contributed by atoms with Gasteiger partial charge in [0.15, 0.2) is 5.78 Å². The lowest BCUT2D eigenvalue weighted by Crippen LogP contribution is -2.36. The predicted octanol–water partition coefficient (Wildman–Crippen LogP) is 4.06. The minimum atomic E-state index is 0.0249. The summed E-state index contributed by atoms with van der Waals surface area (Å²) >= 11 is 0. The van der Waals surface area contributed by atoms with Crippen molar-refractivity contribution in [1.29, 1.82) is 5.26 Å². The highest BCUT2D eigenvalue weighted by Crippen LogP contribution is 2.28. The molecule has 0 bridgehead atoms. The average Bonchev–Trinajstić information content (AvgIpc) is 2.67. The van der Waals surface area contributed by atoms with Crippen LogP contribution in [-0.2, 0) is 0 Å². The Morgan fingerprint density at radius 1 is 1.20 bits per heavy atom. The number of hydrogen-bond donors (Lipinski definition) is 0. The van der Waals surface area contributed by atoms with Crippen molar-refractivity contribution in [3.8, 4) is 11.8 Å². The molecule has 0 saturated carbocycles. The summed E-state index contributed by atoms with van der Waals surface area (Å²) in [6.07, 6.45) is 2.03. The van der Waals surface area contributed by atoms with Gasteiger partial charge in [-0.05, 0) is 56.0 Å². The molecule has 1 heterocycles. The van der Waals surface area contributed by atoms with Crippen LogP contribution in [0.25, 0.3) is 0 Å². The number of carbonyl (C=O) groups excluding carboxylic acids is 1. The molecule has 2 aromatic carbocycles. The van der Waals surface area contributed by atoms with Gasteiger partial charge >= 0.3 is 0 Å². The van der Waals surface area contributed by atoms with E-state index < -0.39 is 0 Å². The number of piperidine rings is 1. The van der Waals surface area contributed by atoms with E-state index in [2.05, 4.69) is 11.0 Å². The number of ether oxygens (including phenoxy) is 1. The van der Waals surface area contributed by atoms with Crippen molar-refractivity contribution in [2.24, 2.45) is 5.92 Å². The maximum absolute atomic E-state index is 11.6.